The summed E-state index contributed by atoms with van der Waals surface area (Å²) in [6.07, 6.45) is 5.22. The predicted octanol–water partition coefficient (Wildman–Crippen LogP) is 4.87. The van der Waals surface area contributed by atoms with Crippen LogP contribution >= 0.6 is 0 Å². The molecule has 0 unspecified atom stereocenters. The van der Waals surface area contributed by atoms with Crippen LogP contribution in [-0.4, -0.2) is 51.4 Å². The first-order valence-electron chi connectivity index (χ1n) is 11.5. The minimum Gasteiger partial charge on any atom is -0.342 e. The van der Waals surface area contributed by atoms with E-state index < -0.39 is 0 Å². The summed E-state index contributed by atoms with van der Waals surface area (Å²) in [6.45, 7) is 13.4. The lowest BCUT2D eigenvalue weighted by Gasteiger charge is -2.34. The van der Waals surface area contributed by atoms with Crippen LogP contribution in [0.3, 0.4) is 0 Å². The van der Waals surface area contributed by atoms with Crippen LogP contribution in [0.25, 0.3) is 11.0 Å². The monoisotopic (exact) mass is 398 g/mol. The van der Waals surface area contributed by atoms with Crippen molar-refractivity contribution in [2.75, 3.05) is 26.2 Å². The van der Waals surface area contributed by atoms with Crippen LogP contribution in [0.1, 0.15) is 71.7 Å². The molecule has 0 radical (unpaired) electrons. The molecular formula is C24H38N4O. The van der Waals surface area contributed by atoms with Crippen molar-refractivity contribution in [3.8, 4) is 0 Å². The zero-order valence-corrected chi connectivity index (χ0v) is 18.7. The van der Waals surface area contributed by atoms with Gasteiger partial charge in [-0.1, -0.05) is 32.4 Å². The fraction of sp³-hybridized carbons (Fsp3) is 0.667. The van der Waals surface area contributed by atoms with Crippen molar-refractivity contribution in [1.82, 2.24) is 19.4 Å². The van der Waals surface area contributed by atoms with Crippen molar-refractivity contribution < 1.29 is 4.79 Å². The lowest BCUT2D eigenvalue weighted by atomic mass is 9.95. The molecule has 1 aromatic carbocycles. The number of aromatic nitrogens is 2. The average molecular weight is 399 g/mol. The Hall–Kier alpha value is -1.88. The van der Waals surface area contributed by atoms with Crippen LogP contribution in [0.5, 0.6) is 0 Å². The quantitative estimate of drug-likeness (QED) is 0.605. The second kappa shape index (κ2) is 10.2. The second-order valence-electron chi connectivity index (χ2n) is 8.71. The summed E-state index contributed by atoms with van der Waals surface area (Å²) in [6, 6.07) is 8.79. The largest absolute Gasteiger partial charge is 0.342 e. The summed E-state index contributed by atoms with van der Waals surface area (Å²) < 4.78 is 2.36. The number of carbonyl (C=O) groups excluding carboxylic acids is 1. The second-order valence-corrected chi connectivity index (χ2v) is 8.71. The molecular weight excluding hydrogens is 360 g/mol. The Balaban J connectivity index is 1.62. The van der Waals surface area contributed by atoms with Gasteiger partial charge < -0.3 is 9.47 Å². The number of nitrogens with zero attached hydrogens (tertiary/aromatic N) is 4. The topological polar surface area (TPSA) is 41.4 Å². The van der Waals surface area contributed by atoms with Crippen molar-refractivity contribution in [1.29, 1.82) is 0 Å². The van der Waals surface area contributed by atoms with E-state index >= 15 is 0 Å². The van der Waals surface area contributed by atoms with E-state index in [4.69, 9.17) is 4.98 Å². The standard InChI is InChI=1S/C24H38N4O/c1-5-7-15-27(14-6-2)24(29)20-12-16-26(17-13-20)18-23-25-21-10-8-9-11-22(21)28(23)19(3)4/h8-11,19-20H,5-7,12-18H2,1-4H3. The van der Waals surface area contributed by atoms with E-state index in [0.717, 1.165) is 76.2 Å². The van der Waals surface area contributed by atoms with Crippen LogP contribution in [-0.2, 0) is 11.3 Å². The highest BCUT2D eigenvalue weighted by Gasteiger charge is 2.29. The number of fused-ring (bicyclic) bond motifs is 1. The molecule has 2 heterocycles. The number of hydrogen-bond donors (Lipinski definition) is 0. The van der Waals surface area contributed by atoms with E-state index in [1.807, 2.05) is 0 Å². The number of para-hydroxylation sites is 2. The third-order valence-electron chi connectivity index (χ3n) is 6.07. The number of amides is 1. The lowest BCUT2D eigenvalue weighted by Crippen LogP contribution is -2.43. The molecule has 1 fully saturated rings. The smallest absolute Gasteiger partial charge is 0.225 e. The van der Waals surface area contributed by atoms with Gasteiger partial charge in [-0.25, -0.2) is 4.98 Å². The summed E-state index contributed by atoms with van der Waals surface area (Å²) in [5, 5.41) is 0. The number of carbonyl (C=O) groups is 1. The summed E-state index contributed by atoms with van der Waals surface area (Å²) in [4.78, 5) is 22.5. The predicted molar refractivity (Wildman–Crippen MR) is 120 cm³/mol. The van der Waals surface area contributed by atoms with E-state index in [9.17, 15) is 4.79 Å². The maximum Gasteiger partial charge on any atom is 0.225 e. The Morgan fingerprint density at radius 2 is 1.86 bits per heavy atom. The van der Waals surface area contributed by atoms with Gasteiger partial charge in [0.05, 0.1) is 17.6 Å². The molecule has 0 bridgehead atoms. The first-order chi connectivity index (χ1) is 14.0. The molecule has 1 aliphatic rings. The first kappa shape index (κ1) is 21.8. The molecule has 1 amide bonds. The lowest BCUT2D eigenvalue weighted by molar-refractivity contribution is -0.137. The average Bonchev–Trinajstić information content (AvgIpc) is 3.09. The van der Waals surface area contributed by atoms with Crippen molar-refractivity contribution in [2.24, 2.45) is 5.92 Å². The fourth-order valence-electron chi connectivity index (χ4n) is 4.53. The number of benzene rings is 1. The highest BCUT2D eigenvalue weighted by atomic mass is 16.2. The summed E-state index contributed by atoms with van der Waals surface area (Å²) in [5.41, 5.74) is 2.29. The number of rotatable bonds is 9. The normalized spacial score (nSPS) is 16.0. The molecule has 160 valence electrons. The molecule has 1 saturated heterocycles. The van der Waals surface area contributed by atoms with Gasteiger partial charge in [0, 0.05) is 25.0 Å². The number of hydrogen-bond acceptors (Lipinski definition) is 3. The Labute approximate surface area is 176 Å². The van der Waals surface area contributed by atoms with E-state index in [2.05, 4.69) is 66.3 Å². The highest BCUT2D eigenvalue weighted by molar-refractivity contribution is 5.79. The fourth-order valence-corrected chi connectivity index (χ4v) is 4.53. The van der Waals surface area contributed by atoms with Gasteiger partial charge in [-0.05, 0) is 64.8 Å². The van der Waals surface area contributed by atoms with E-state index in [0.29, 0.717) is 11.9 Å². The Bertz CT molecular complexity index is 789. The number of likely N-dealkylation sites (tertiary alicyclic amines) is 1. The molecule has 1 aromatic heterocycles. The number of unbranched alkanes of at least 4 members (excludes halogenated alkanes) is 1. The summed E-state index contributed by atoms with van der Waals surface area (Å²) >= 11 is 0. The van der Waals surface area contributed by atoms with Crippen LogP contribution < -0.4 is 0 Å². The van der Waals surface area contributed by atoms with Gasteiger partial charge in [0.1, 0.15) is 5.82 Å². The van der Waals surface area contributed by atoms with Gasteiger partial charge in [-0.15, -0.1) is 0 Å². The molecule has 1 aliphatic heterocycles. The Morgan fingerprint density at radius 3 is 2.52 bits per heavy atom. The van der Waals surface area contributed by atoms with Crippen LogP contribution in [0.2, 0.25) is 0 Å². The van der Waals surface area contributed by atoms with Gasteiger partial charge in [-0.3, -0.25) is 9.69 Å². The molecule has 0 spiro atoms. The Kier molecular flexibility index (Phi) is 7.70. The summed E-state index contributed by atoms with van der Waals surface area (Å²) in [7, 11) is 0. The molecule has 5 heteroatoms. The van der Waals surface area contributed by atoms with Gasteiger partial charge in [0.15, 0.2) is 0 Å². The molecule has 0 aliphatic carbocycles. The van der Waals surface area contributed by atoms with Crippen molar-refractivity contribution in [3.63, 3.8) is 0 Å². The van der Waals surface area contributed by atoms with Gasteiger partial charge >= 0.3 is 0 Å². The van der Waals surface area contributed by atoms with E-state index in [1.165, 1.54) is 5.52 Å². The number of piperidine rings is 1. The van der Waals surface area contributed by atoms with Crippen LogP contribution in [0.15, 0.2) is 24.3 Å². The van der Waals surface area contributed by atoms with Crippen LogP contribution in [0.4, 0.5) is 0 Å². The molecule has 0 saturated carbocycles. The van der Waals surface area contributed by atoms with Crippen molar-refractivity contribution >= 4 is 16.9 Å². The molecule has 29 heavy (non-hydrogen) atoms. The van der Waals surface area contributed by atoms with Gasteiger partial charge in [0.2, 0.25) is 5.91 Å². The zero-order chi connectivity index (χ0) is 20.8. The molecule has 2 aromatic rings. The maximum atomic E-state index is 13.0. The number of imidazole rings is 1. The minimum absolute atomic E-state index is 0.193. The van der Waals surface area contributed by atoms with E-state index in [1.54, 1.807) is 0 Å². The van der Waals surface area contributed by atoms with Gasteiger partial charge in [-0.2, -0.15) is 0 Å². The third kappa shape index (κ3) is 5.19. The zero-order valence-electron chi connectivity index (χ0n) is 18.7. The molecule has 5 nitrogen and oxygen atoms in total. The van der Waals surface area contributed by atoms with Crippen molar-refractivity contribution in [3.05, 3.63) is 30.1 Å². The van der Waals surface area contributed by atoms with Gasteiger partial charge in [0.25, 0.3) is 0 Å². The summed E-state index contributed by atoms with van der Waals surface area (Å²) in [5.74, 6) is 1.72. The van der Waals surface area contributed by atoms with Crippen molar-refractivity contribution in [2.45, 2.75) is 72.4 Å². The SMILES string of the molecule is CCCCN(CCC)C(=O)C1CCN(Cc2nc3ccccc3n2C(C)C)CC1. The third-order valence-corrected chi connectivity index (χ3v) is 6.07. The molecule has 3 rings (SSSR count). The molecule has 0 N–H and O–H groups in total. The van der Waals surface area contributed by atoms with E-state index in [-0.39, 0.29) is 5.92 Å². The first-order valence-corrected chi connectivity index (χ1v) is 11.5. The molecule has 0 atom stereocenters. The highest BCUT2D eigenvalue weighted by Crippen LogP contribution is 2.25. The maximum absolute atomic E-state index is 13.0. The van der Waals surface area contributed by atoms with Crippen LogP contribution in [0, 0.1) is 5.92 Å². The Morgan fingerprint density at radius 1 is 1.14 bits per heavy atom. The minimum atomic E-state index is 0.193.